The summed E-state index contributed by atoms with van der Waals surface area (Å²) in [6.45, 7) is 0. The predicted molar refractivity (Wildman–Crippen MR) is 104 cm³/mol. The highest BCUT2D eigenvalue weighted by molar-refractivity contribution is 9.11. The second-order valence-corrected chi connectivity index (χ2v) is 6.88. The van der Waals surface area contributed by atoms with Gasteiger partial charge in [0.05, 0.1) is 17.8 Å². The van der Waals surface area contributed by atoms with Gasteiger partial charge in [0.25, 0.3) is 0 Å². The molecule has 0 aliphatic carbocycles. The van der Waals surface area contributed by atoms with E-state index in [-0.39, 0.29) is 0 Å². The maximum absolute atomic E-state index is 5.28. The number of nitrogens with one attached hydrogen (secondary N) is 1. The number of aromatic nitrogens is 3. The molecule has 0 bridgehead atoms. The van der Waals surface area contributed by atoms with Crippen LogP contribution >= 0.6 is 44.1 Å². The number of nitrogens with zero attached hydrogens (tertiary/aromatic N) is 3. The zero-order valence-corrected chi connectivity index (χ0v) is 16.5. The Morgan fingerprint density at radius 2 is 2.00 bits per heavy atom. The maximum atomic E-state index is 5.28. The van der Waals surface area contributed by atoms with E-state index in [4.69, 9.17) is 17.0 Å². The molecule has 1 heterocycles. The van der Waals surface area contributed by atoms with Crippen LogP contribution in [-0.2, 0) is 0 Å². The summed E-state index contributed by atoms with van der Waals surface area (Å²) in [5.41, 5.74) is 1.81. The quantitative estimate of drug-likeness (QED) is 0.432. The van der Waals surface area contributed by atoms with Crippen molar-refractivity contribution in [1.82, 2.24) is 14.9 Å². The average molecular weight is 468 g/mol. The van der Waals surface area contributed by atoms with Crippen molar-refractivity contribution in [3.05, 3.63) is 61.7 Å². The summed E-state index contributed by atoms with van der Waals surface area (Å²) in [7, 11) is 1.63. The number of halogens is 2. The minimum Gasteiger partial charge on any atom is -0.496 e. The first-order chi connectivity index (χ1) is 11.6. The molecule has 122 valence electrons. The molecule has 0 fully saturated rings. The highest BCUT2D eigenvalue weighted by Crippen LogP contribution is 2.27. The van der Waals surface area contributed by atoms with Gasteiger partial charge in [0.1, 0.15) is 5.75 Å². The number of hydrogen-bond acceptors (Lipinski definition) is 4. The summed E-state index contributed by atoms with van der Waals surface area (Å²) in [6, 6.07) is 13.5. The monoisotopic (exact) mass is 466 g/mol. The van der Waals surface area contributed by atoms with E-state index in [0.717, 1.165) is 25.8 Å². The minimum atomic E-state index is 0.421. The Bertz CT molecular complexity index is 965. The Kier molecular flexibility index (Phi) is 5.27. The number of H-pyrrole nitrogens is 1. The molecule has 0 atom stereocenters. The minimum absolute atomic E-state index is 0.421. The molecule has 0 spiro atoms. The van der Waals surface area contributed by atoms with Gasteiger partial charge < -0.3 is 4.74 Å². The highest BCUT2D eigenvalue weighted by Gasteiger charge is 2.11. The number of benzene rings is 2. The lowest BCUT2D eigenvalue weighted by molar-refractivity contribution is 0.412. The molecule has 8 heteroatoms. The van der Waals surface area contributed by atoms with E-state index in [1.165, 1.54) is 0 Å². The lowest BCUT2D eigenvalue weighted by atomic mass is 10.2. The topological polar surface area (TPSA) is 55.2 Å². The third kappa shape index (κ3) is 3.50. The van der Waals surface area contributed by atoms with Crippen molar-refractivity contribution in [3.8, 4) is 17.1 Å². The van der Waals surface area contributed by atoms with Gasteiger partial charge >= 0.3 is 0 Å². The summed E-state index contributed by atoms with van der Waals surface area (Å²) >= 11 is 12.3. The normalized spacial score (nSPS) is 11.1. The Morgan fingerprint density at radius 3 is 2.71 bits per heavy atom. The molecule has 3 aromatic rings. The van der Waals surface area contributed by atoms with Crippen LogP contribution < -0.4 is 4.74 Å². The fraction of sp³-hybridized carbons (Fsp3) is 0.0625. The predicted octanol–water partition coefficient (Wildman–Crippen LogP) is 5.02. The molecule has 1 aromatic heterocycles. The maximum Gasteiger partial charge on any atom is 0.216 e. The number of methoxy groups -OCH3 is 1. The Labute approximate surface area is 160 Å². The molecule has 24 heavy (non-hydrogen) atoms. The van der Waals surface area contributed by atoms with Gasteiger partial charge in [-0.05, 0) is 64.0 Å². The van der Waals surface area contributed by atoms with Crippen molar-refractivity contribution in [2.24, 2.45) is 5.10 Å². The van der Waals surface area contributed by atoms with E-state index in [2.05, 4.69) is 47.2 Å². The van der Waals surface area contributed by atoms with Gasteiger partial charge in [0, 0.05) is 10.0 Å². The molecule has 0 saturated heterocycles. The molecular formula is C16H12Br2N4OS. The Morgan fingerprint density at radius 1 is 1.21 bits per heavy atom. The zero-order chi connectivity index (χ0) is 17.1. The smallest absolute Gasteiger partial charge is 0.216 e. The summed E-state index contributed by atoms with van der Waals surface area (Å²) in [4.78, 5) is 0. The molecular weight excluding hydrogens is 456 g/mol. The van der Waals surface area contributed by atoms with E-state index in [9.17, 15) is 0 Å². The second-order valence-electron chi connectivity index (χ2n) is 4.78. The van der Waals surface area contributed by atoms with E-state index >= 15 is 0 Å². The van der Waals surface area contributed by atoms with Gasteiger partial charge in [-0.1, -0.05) is 28.1 Å². The first-order valence-corrected chi connectivity index (χ1v) is 8.90. The SMILES string of the molecule is COc1ccc(/C=N/n2c(-c3ccccc3Br)n[nH]c2=S)cc1Br. The van der Waals surface area contributed by atoms with E-state index in [1.807, 2.05) is 42.5 Å². The largest absolute Gasteiger partial charge is 0.496 e. The molecule has 1 N–H and O–H groups in total. The van der Waals surface area contributed by atoms with Crippen LogP contribution in [-0.4, -0.2) is 28.2 Å². The molecule has 0 amide bonds. The van der Waals surface area contributed by atoms with Gasteiger partial charge in [-0.2, -0.15) is 14.9 Å². The van der Waals surface area contributed by atoms with Gasteiger partial charge in [0.15, 0.2) is 5.82 Å². The van der Waals surface area contributed by atoms with E-state index in [0.29, 0.717) is 10.6 Å². The molecule has 3 rings (SSSR count). The van der Waals surface area contributed by atoms with Gasteiger partial charge in [-0.25, -0.2) is 5.10 Å². The summed E-state index contributed by atoms with van der Waals surface area (Å²) in [6.07, 6.45) is 1.72. The molecule has 2 aromatic carbocycles. The first kappa shape index (κ1) is 17.1. The van der Waals surface area contributed by atoms with Crippen molar-refractivity contribution in [1.29, 1.82) is 0 Å². The van der Waals surface area contributed by atoms with Crippen LogP contribution in [0.25, 0.3) is 11.4 Å². The van der Waals surface area contributed by atoms with Crippen LogP contribution in [0.2, 0.25) is 0 Å². The summed E-state index contributed by atoms with van der Waals surface area (Å²) in [5, 5.41) is 11.5. The Hall–Kier alpha value is -1.77. The molecule has 0 unspecified atom stereocenters. The fourth-order valence-corrected chi connectivity index (χ4v) is 3.30. The van der Waals surface area contributed by atoms with Gasteiger partial charge in [0.2, 0.25) is 4.77 Å². The van der Waals surface area contributed by atoms with Crippen LogP contribution in [0, 0.1) is 4.77 Å². The molecule has 0 radical (unpaired) electrons. The van der Waals surface area contributed by atoms with Crippen molar-refractivity contribution in [2.45, 2.75) is 0 Å². The van der Waals surface area contributed by atoms with Crippen LogP contribution in [0.3, 0.4) is 0 Å². The molecule has 5 nitrogen and oxygen atoms in total. The number of ether oxygens (including phenoxy) is 1. The van der Waals surface area contributed by atoms with Crippen LogP contribution in [0.5, 0.6) is 5.75 Å². The van der Waals surface area contributed by atoms with Gasteiger partial charge in [-0.3, -0.25) is 0 Å². The lowest BCUT2D eigenvalue weighted by Crippen LogP contribution is -1.96. The molecule has 0 aliphatic rings. The van der Waals surface area contributed by atoms with Crippen LogP contribution in [0.4, 0.5) is 0 Å². The number of hydrogen-bond donors (Lipinski definition) is 1. The number of rotatable bonds is 4. The van der Waals surface area contributed by atoms with Crippen molar-refractivity contribution < 1.29 is 4.74 Å². The zero-order valence-electron chi connectivity index (χ0n) is 12.5. The summed E-state index contributed by atoms with van der Waals surface area (Å²) in [5.74, 6) is 1.40. The number of aromatic amines is 1. The summed E-state index contributed by atoms with van der Waals surface area (Å²) < 4.78 is 9.01. The van der Waals surface area contributed by atoms with E-state index < -0.39 is 0 Å². The third-order valence-electron chi connectivity index (χ3n) is 3.26. The second kappa shape index (κ2) is 7.42. The Balaban J connectivity index is 1.99. The van der Waals surface area contributed by atoms with E-state index in [1.54, 1.807) is 18.0 Å². The van der Waals surface area contributed by atoms with Crippen molar-refractivity contribution >= 4 is 50.3 Å². The average Bonchev–Trinajstić information content (AvgIpc) is 2.94. The molecule has 0 saturated carbocycles. The standard InChI is InChI=1S/C16H12Br2N4OS/c1-23-14-7-6-10(8-13(14)18)9-19-22-15(20-21-16(22)24)11-4-2-3-5-12(11)17/h2-9H,1H3,(H,21,24)/b19-9+. The first-order valence-electron chi connectivity index (χ1n) is 6.90. The highest BCUT2D eigenvalue weighted by atomic mass is 79.9. The fourth-order valence-electron chi connectivity index (χ4n) is 2.10. The lowest BCUT2D eigenvalue weighted by Gasteiger charge is -2.04. The van der Waals surface area contributed by atoms with Gasteiger partial charge in [-0.15, -0.1) is 0 Å². The van der Waals surface area contributed by atoms with Crippen molar-refractivity contribution in [2.75, 3.05) is 7.11 Å². The van der Waals surface area contributed by atoms with Crippen LogP contribution in [0.1, 0.15) is 5.56 Å². The molecule has 0 aliphatic heterocycles. The van der Waals surface area contributed by atoms with Crippen LogP contribution in [0.15, 0.2) is 56.5 Å². The third-order valence-corrected chi connectivity index (χ3v) is 4.84. The van der Waals surface area contributed by atoms with Crippen molar-refractivity contribution in [3.63, 3.8) is 0 Å².